The highest BCUT2D eigenvalue weighted by Crippen LogP contribution is 2.27. The summed E-state index contributed by atoms with van der Waals surface area (Å²) >= 11 is 3.10. The normalized spacial score (nSPS) is 10.9. The van der Waals surface area contributed by atoms with Gasteiger partial charge in [0.1, 0.15) is 0 Å². The van der Waals surface area contributed by atoms with Gasteiger partial charge in [0.2, 0.25) is 11.7 Å². The quantitative estimate of drug-likeness (QED) is 0.346. The molecule has 26 heavy (non-hydrogen) atoms. The topological polar surface area (TPSA) is 69.6 Å². The number of nitrogens with zero attached hydrogens (tertiary/aromatic N) is 5. The van der Waals surface area contributed by atoms with Crippen LogP contribution in [0.15, 0.2) is 70.2 Å². The fourth-order valence-corrected chi connectivity index (χ4v) is 3.87. The summed E-state index contributed by atoms with van der Waals surface area (Å²) in [5, 5.41) is 15.5. The van der Waals surface area contributed by atoms with E-state index < -0.39 is 0 Å². The van der Waals surface area contributed by atoms with Crippen LogP contribution in [0.2, 0.25) is 0 Å². The Bertz CT molecular complexity index is 992. The predicted octanol–water partition coefficient (Wildman–Crippen LogP) is 4.53. The number of benzene rings is 1. The Labute approximate surface area is 158 Å². The highest BCUT2D eigenvalue weighted by Gasteiger charge is 2.15. The van der Waals surface area contributed by atoms with E-state index in [0.717, 1.165) is 21.4 Å². The summed E-state index contributed by atoms with van der Waals surface area (Å²) in [6.07, 6.45) is 1.83. The molecule has 0 fully saturated rings. The van der Waals surface area contributed by atoms with Gasteiger partial charge in [-0.05, 0) is 11.4 Å². The van der Waals surface area contributed by atoms with Crippen LogP contribution in [0.25, 0.3) is 22.1 Å². The van der Waals surface area contributed by atoms with E-state index >= 15 is 0 Å². The first kappa shape index (κ1) is 16.7. The number of allylic oxidation sites excluding steroid dienone is 1. The largest absolute Gasteiger partial charge is 0.338 e. The molecule has 0 atom stereocenters. The van der Waals surface area contributed by atoms with Crippen molar-refractivity contribution >= 4 is 23.1 Å². The number of hydrogen-bond acceptors (Lipinski definition) is 7. The van der Waals surface area contributed by atoms with Crippen LogP contribution < -0.4 is 0 Å². The molecule has 3 aromatic heterocycles. The summed E-state index contributed by atoms with van der Waals surface area (Å²) in [7, 11) is 0. The summed E-state index contributed by atoms with van der Waals surface area (Å²) < 4.78 is 7.38. The Kier molecular flexibility index (Phi) is 4.94. The molecular formula is C18H15N5OS2. The van der Waals surface area contributed by atoms with Crippen LogP contribution in [0, 0.1) is 0 Å². The summed E-state index contributed by atoms with van der Waals surface area (Å²) in [5.74, 6) is 2.53. The lowest BCUT2D eigenvalue weighted by Gasteiger charge is -2.06. The molecule has 4 rings (SSSR count). The fraction of sp³-hybridized carbons (Fsp3) is 0.111. The number of thiophene rings is 1. The van der Waals surface area contributed by atoms with E-state index in [2.05, 4.69) is 26.9 Å². The molecule has 0 aliphatic heterocycles. The molecule has 0 unspecified atom stereocenters. The van der Waals surface area contributed by atoms with E-state index in [4.69, 9.17) is 4.52 Å². The summed E-state index contributed by atoms with van der Waals surface area (Å²) in [6, 6.07) is 13.9. The van der Waals surface area contributed by atoms with Crippen molar-refractivity contribution in [1.82, 2.24) is 24.9 Å². The minimum Gasteiger partial charge on any atom is -0.338 e. The van der Waals surface area contributed by atoms with Crippen LogP contribution in [0.5, 0.6) is 0 Å². The van der Waals surface area contributed by atoms with Crippen molar-refractivity contribution in [2.75, 3.05) is 0 Å². The Morgan fingerprint density at radius 1 is 1.15 bits per heavy atom. The Hall–Kier alpha value is -2.71. The van der Waals surface area contributed by atoms with Gasteiger partial charge in [0.05, 0.1) is 10.6 Å². The van der Waals surface area contributed by atoms with Gasteiger partial charge in [-0.3, -0.25) is 4.57 Å². The third-order valence-electron chi connectivity index (χ3n) is 3.59. The van der Waals surface area contributed by atoms with Gasteiger partial charge in [0, 0.05) is 12.1 Å². The van der Waals surface area contributed by atoms with Gasteiger partial charge in [0.25, 0.3) is 0 Å². The molecule has 0 bridgehead atoms. The van der Waals surface area contributed by atoms with Crippen LogP contribution in [0.1, 0.15) is 5.89 Å². The summed E-state index contributed by atoms with van der Waals surface area (Å²) in [5.41, 5.74) is 1.02. The highest BCUT2D eigenvalue weighted by molar-refractivity contribution is 7.98. The summed E-state index contributed by atoms with van der Waals surface area (Å²) in [4.78, 5) is 5.43. The number of rotatable bonds is 7. The van der Waals surface area contributed by atoms with Crippen molar-refractivity contribution in [2.24, 2.45) is 0 Å². The van der Waals surface area contributed by atoms with Gasteiger partial charge in [-0.1, -0.05) is 59.4 Å². The second-order valence-corrected chi connectivity index (χ2v) is 7.24. The zero-order chi connectivity index (χ0) is 17.8. The molecule has 0 spiro atoms. The number of thioether (sulfide) groups is 1. The Morgan fingerprint density at radius 3 is 2.81 bits per heavy atom. The molecule has 0 saturated heterocycles. The molecule has 0 amide bonds. The van der Waals surface area contributed by atoms with Gasteiger partial charge in [-0.25, -0.2) is 0 Å². The lowest BCUT2D eigenvalue weighted by Crippen LogP contribution is -2.00. The van der Waals surface area contributed by atoms with Crippen LogP contribution in [0.3, 0.4) is 0 Å². The molecule has 130 valence electrons. The molecule has 0 saturated carbocycles. The SMILES string of the molecule is C=CCn1c(SCc2nc(-c3cccs3)no2)nnc1-c1ccccc1. The van der Waals surface area contributed by atoms with Crippen molar-refractivity contribution in [3.05, 3.63) is 66.4 Å². The fourth-order valence-electron chi connectivity index (χ4n) is 2.44. The number of hydrogen-bond donors (Lipinski definition) is 0. The molecule has 4 aromatic rings. The summed E-state index contributed by atoms with van der Waals surface area (Å²) in [6.45, 7) is 4.47. The lowest BCUT2D eigenvalue weighted by molar-refractivity contribution is 0.391. The third kappa shape index (κ3) is 3.47. The van der Waals surface area contributed by atoms with Crippen molar-refractivity contribution in [3.63, 3.8) is 0 Å². The smallest absolute Gasteiger partial charge is 0.237 e. The molecule has 0 aliphatic carbocycles. The molecule has 3 heterocycles. The highest BCUT2D eigenvalue weighted by atomic mass is 32.2. The van der Waals surface area contributed by atoms with E-state index in [1.807, 2.05) is 58.5 Å². The lowest BCUT2D eigenvalue weighted by atomic mass is 10.2. The number of aromatic nitrogens is 5. The predicted molar refractivity (Wildman–Crippen MR) is 103 cm³/mol. The van der Waals surface area contributed by atoms with Crippen molar-refractivity contribution < 1.29 is 4.52 Å². The van der Waals surface area contributed by atoms with Crippen LogP contribution in [-0.2, 0) is 12.3 Å². The van der Waals surface area contributed by atoms with Crippen molar-refractivity contribution in [1.29, 1.82) is 0 Å². The zero-order valence-corrected chi connectivity index (χ0v) is 15.4. The maximum absolute atomic E-state index is 5.35. The minimum absolute atomic E-state index is 0.530. The molecule has 6 nitrogen and oxygen atoms in total. The third-order valence-corrected chi connectivity index (χ3v) is 5.41. The minimum atomic E-state index is 0.530. The van der Waals surface area contributed by atoms with Gasteiger partial charge in [-0.2, -0.15) is 4.98 Å². The monoisotopic (exact) mass is 381 g/mol. The molecule has 0 aliphatic rings. The van der Waals surface area contributed by atoms with Crippen molar-refractivity contribution in [3.8, 4) is 22.1 Å². The van der Waals surface area contributed by atoms with Gasteiger partial charge in [0.15, 0.2) is 11.0 Å². The maximum atomic E-state index is 5.35. The van der Waals surface area contributed by atoms with Crippen LogP contribution in [-0.4, -0.2) is 24.9 Å². The maximum Gasteiger partial charge on any atom is 0.237 e. The first-order valence-electron chi connectivity index (χ1n) is 7.94. The average Bonchev–Trinajstić information content (AvgIpc) is 3.42. The van der Waals surface area contributed by atoms with Crippen LogP contribution >= 0.6 is 23.1 Å². The van der Waals surface area contributed by atoms with E-state index in [0.29, 0.717) is 24.0 Å². The average molecular weight is 381 g/mol. The van der Waals surface area contributed by atoms with Crippen molar-refractivity contribution in [2.45, 2.75) is 17.5 Å². The molecule has 1 aromatic carbocycles. The van der Waals surface area contributed by atoms with E-state index in [-0.39, 0.29) is 0 Å². The Balaban J connectivity index is 1.53. The van der Waals surface area contributed by atoms with E-state index in [9.17, 15) is 0 Å². The first-order valence-corrected chi connectivity index (χ1v) is 9.80. The second-order valence-electron chi connectivity index (χ2n) is 5.35. The molecule has 0 radical (unpaired) electrons. The van der Waals surface area contributed by atoms with E-state index in [1.165, 1.54) is 11.8 Å². The standard InChI is InChI=1S/C18H15N5OS2/c1-2-10-23-17(13-7-4-3-5-8-13)20-21-18(23)26-12-15-19-16(22-24-15)14-9-6-11-25-14/h2-9,11H,1,10,12H2. The van der Waals surface area contributed by atoms with Gasteiger partial charge in [-0.15, -0.1) is 28.1 Å². The first-order chi connectivity index (χ1) is 12.8. The second kappa shape index (κ2) is 7.67. The molecule has 0 N–H and O–H groups in total. The Morgan fingerprint density at radius 2 is 2.04 bits per heavy atom. The molecular weight excluding hydrogens is 366 g/mol. The van der Waals surface area contributed by atoms with Crippen LogP contribution in [0.4, 0.5) is 0 Å². The molecule has 8 heteroatoms. The van der Waals surface area contributed by atoms with E-state index in [1.54, 1.807) is 11.3 Å². The van der Waals surface area contributed by atoms with Gasteiger partial charge < -0.3 is 4.52 Å². The zero-order valence-electron chi connectivity index (χ0n) is 13.8. The van der Waals surface area contributed by atoms with Gasteiger partial charge >= 0.3 is 0 Å².